The Hall–Kier alpha value is -1.19. The van der Waals surface area contributed by atoms with E-state index in [1.54, 1.807) is 35.6 Å². The molecule has 1 aliphatic heterocycles. The van der Waals surface area contributed by atoms with E-state index in [9.17, 15) is 8.42 Å². The normalized spacial score (nSPS) is 17.4. The number of thioether (sulfide) groups is 1. The average Bonchev–Trinajstić information content (AvgIpc) is 3.05. The van der Waals surface area contributed by atoms with Crippen molar-refractivity contribution in [3.63, 3.8) is 0 Å². The number of hydrogen-bond donors (Lipinski definition) is 2. The van der Waals surface area contributed by atoms with Crippen molar-refractivity contribution >= 4 is 27.7 Å². The Labute approximate surface area is 135 Å². The molecule has 2 heterocycles. The fourth-order valence-electron chi connectivity index (χ4n) is 2.05. The minimum absolute atomic E-state index is 0.0735. The third-order valence-electron chi connectivity index (χ3n) is 3.28. The van der Waals surface area contributed by atoms with Crippen molar-refractivity contribution in [2.75, 3.05) is 43.9 Å². The first-order chi connectivity index (χ1) is 10.6. The highest BCUT2D eigenvalue weighted by molar-refractivity contribution is 7.99. The summed E-state index contributed by atoms with van der Waals surface area (Å²) in [5.41, 5.74) is 1.00. The summed E-state index contributed by atoms with van der Waals surface area (Å²) in [5, 5.41) is 6.13. The van der Waals surface area contributed by atoms with Crippen molar-refractivity contribution < 1.29 is 12.8 Å². The summed E-state index contributed by atoms with van der Waals surface area (Å²) in [5.74, 6) is 2.40. The van der Waals surface area contributed by atoms with Crippen LogP contribution in [0.5, 0.6) is 0 Å². The molecule has 0 unspecified atom stereocenters. The Morgan fingerprint density at radius 3 is 2.82 bits per heavy atom. The molecular formula is C13H22N4O3S2. The van der Waals surface area contributed by atoms with Gasteiger partial charge in [0.25, 0.3) is 0 Å². The van der Waals surface area contributed by atoms with Gasteiger partial charge < -0.3 is 15.1 Å². The predicted octanol–water partition coefficient (Wildman–Crippen LogP) is 0.323. The third-order valence-corrected chi connectivity index (χ3v) is 6.09. The number of aliphatic imine (C=N–C) groups is 1. The van der Waals surface area contributed by atoms with Crippen LogP contribution in [0.3, 0.4) is 0 Å². The Morgan fingerprint density at radius 2 is 2.18 bits per heavy atom. The third kappa shape index (κ3) is 5.22. The second kappa shape index (κ2) is 8.44. The lowest BCUT2D eigenvalue weighted by atomic mass is 10.3. The first-order valence-electron chi connectivity index (χ1n) is 7.13. The average molecular weight is 346 g/mol. The van der Waals surface area contributed by atoms with E-state index in [2.05, 4.69) is 15.6 Å². The molecule has 1 saturated heterocycles. The maximum Gasteiger partial charge on any atom is 0.215 e. The zero-order valence-corrected chi connectivity index (χ0v) is 14.3. The van der Waals surface area contributed by atoms with Crippen molar-refractivity contribution in [1.82, 2.24) is 14.9 Å². The van der Waals surface area contributed by atoms with Crippen LogP contribution in [0.2, 0.25) is 0 Å². The maximum absolute atomic E-state index is 12.2. The molecule has 7 nitrogen and oxygen atoms in total. The molecule has 0 radical (unpaired) electrons. The number of furan rings is 1. The Balaban J connectivity index is 1.73. The number of rotatable bonds is 6. The highest BCUT2D eigenvalue weighted by Crippen LogP contribution is 2.12. The Morgan fingerprint density at radius 1 is 1.41 bits per heavy atom. The van der Waals surface area contributed by atoms with E-state index in [0.29, 0.717) is 32.1 Å². The SMILES string of the molecule is CN=C(NCCS(=O)(=O)N1CCSCC1)NCc1ccoc1. The van der Waals surface area contributed by atoms with Gasteiger partial charge in [-0.25, -0.2) is 12.7 Å². The van der Waals surface area contributed by atoms with Crippen molar-refractivity contribution in [2.45, 2.75) is 6.54 Å². The molecule has 0 aliphatic carbocycles. The summed E-state index contributed by atoms with van der Waals surface area (Å²) in [6.07, 6.45) is 3.26. The van der Waals surface area contributed by atoms with Crippen molar-refractivity contribution in [3.8, 4) is 0 Å². The fraction of sp³-hybridized carbons (Fsp3) is 0.615. The smallest absolute Gasteiger partial charge is 0.215 e. The van der Waals surface area contributed by atoms with E-state index in [4.69, 9.17) is 4.42 Å². The molecule has 22 heavy (non-hydrogen) atoms. The van der Waals surface area contributed by atoms with Gasteiger partial charge in [-0.05, 0) is 6.07 Å². The van der Waals surface area contributed by atoms with Gasteiger partial charge in [0.1, 0.15) is 0 Å². The van der Waals surface area contributed by atoms with Gasteiger partial charge in [-0.2, -0.15) is 11.8 Å². The highest BCUT2D eigenvalue weighted by Gasteiger charge is 2.23. The van der Waals surface area contributed by atoms with E-state index < -0.39 is 10.0 Å². The summed E-state index contributed by atoms with van der Waals surface area (Å²) in [6, 6.07) is 1.86. The van der Waals surface area contributed by atoms with Crippen LogP contribution >= 0.6 is 11.8 Å². The highest BCUT2D eigenvalue weighted by atomic mass is 32.2. The van der Waals surface area contributed by atoms with Crippen LogP contribution in [-0.2, 0) is 16.6 Å². The lowest BCUT2D eigenvalue weighted by Gasteiger charge is -2.25. The van der Waals surface area contributed by atoms with Gasteiger partial charge in [0, 0.05) is 50.3 Å². The number of sulfonamides is 1. The van der Waals surface area contributed by atoms with Gasteiger partial charge >= 0.3 is 0 Å². The molecule has 124 valence electrons. The fourth-order valence-corrected chi connectivity index (χ4v) is 4.54. The monoisotopic (exact) mass is 346 g/mol. The first kappa shape index (κ1) is 17.2. The minimum Gasteiger partial charge on any atom is -0.472 e. The Bertz CT molecular complexity index is 566. The second-order valence-corrected chi connectivity index (χ2v) is 8.12. The molecule has 0 aromatic carbocycles. The molecule has 2 rings (SSSR count). The second-order valence-electron chi connectivity index (χ2n) is 4.81. The quantitative estimate of drug-likeness (QED) is 0.570. The molecule has 1 aromatic rings. The van der Waals surface area contributed by atoms with Gasteiger partial charge in [0.2, 0.25) is 10.0 Å². The zero-order valence-electron chi connectivity index (χ0n) is 12.6. The summed E-state index contributed by atoms with van der Waals surface area (Å²) in [7, 11) is -1.53. The summed E-state index contributed by atoms with van der Waals surface area (Å²) >= 11 is 1.79. The number of hydrogen-bond acceptors (Lipinski definition) is 5. The van der Waals surface area contributed by atoms with E-state index in [-0.39, 0.29) is 5.75 Å². The Kier molecular flexibility index (Phi) is 6.59. The van der Waals surface area contributed by atoms with Crippen LogP contribution < -0.4 is 10.6 Å². The van der Waals surface area contributed by atoms with E-state index in [1.807, 2.05) is 6.07 Å². The van der Waals surface area contributed by atoms with Crippen molar-refractivity contribution in [2.24, 2.45) is 4.99 Å². The molecule has 0 saturated carbocycles. The summed E-state index contributed by atoms with van der Waals surface area (Å²) in [6.45, 7) is 2.13. The van der Waals surface area contributed by atoms with Crippen LogP contribution in [0.1, 0.15) is 5.56 Å². The number of guanidine groups is 1. The number of nitrogens with zero attached hydrogens (tertiary/aromatic N) is 2. The lowest BCUT2D eigenvalue weighted by Crippen LogP contribution is -2.44. The molecule has 1 fully saturated rings. The predicted molar refractivity (Wildman–Crippen MR) is 89.6 cm³/mol. The maximum atomic E-state index is 12.2. The molecule has 0 bridgehead atoms. The van der Waals surface area contributed by atoms with Gasteiger partial charge in [0.05, 0.1) is 18.3 Å². The van der Waals surface area contributed by atoms with Crippen molar-refractivity contribution in [3.05, 3.63) is 24.2 Å². The molecule has 1 aliphatic rings. The van der Waals surface area contributed by atoms with Gasteiger partial charge in [-0.1, -0.05) is 0 Å². The summed E-state index contributed by atoms with van der Waals surface area (Å²) < 4.78 is 31.0. The van der Waals surface area contributed by atoms with Crippen LogP contribution in [-0.4, -0.2) is 62.6 Å². The van der Waals surface area contributed by atoms with Crippen molar-refractivity contribution in [1.29, 1.82) is 0 Å². The van der Waals surface area contributed by atoms with E-state index in [0.717, 1.165) is 17.1 Å². The summed E-state index contributed by atoms with van der Waals surface area (Å²) in [4.78, 5) is 4.07. The minimum atomic E-state index is -3.19. The van der Waals surface area contributed by atoms with Crippen LogP contribution in [0.4, 0.5) is 0 Å². The zero-order chi connectivity index (χ0) is 15.8. The molecular weight excluding hydrogens is 324 g/mol. The largest absolute Gasteiger partial charge is 0.472 e. The molecule has 2 N–H and O–H groups in total. The van der Waals surface area contributed by atoms with Gasteiger partial charge in [0.15, 0.2) is 5.96 Å². The van der Waals surface area contributed by atoms with Gasteiger partial charge in [-0.15, -0.1) is 0 Å². The van der Waals surface area contributed by atoms with Crippen LogP contribution in [0.15, 0.2) is 28.0 Å². The van der Waals surface area contributed by atoms with Crippen LogP contribution in [0, 0.1) is 0 Å². The molecule has 0 atom stereocenters. The lowest BCUT2D eigenvalue weighted by molar-refractivity contribution is 0.443. The number of nitrogens with one attached hydrogen (secondary N) is 2. The molecule has 1 aromatic heterocycles. The first-order valence-corrected chi connectivity index (χ1v) is 9.89. The molecule has 0 amide bonds. The van der Waals surface area contributed by atoms with Crippen LogP contribution in [0.25, 0.3) is 0 Å². The standard InChI is InChI=1S/C13H22N4O3S2/c1-14-13(16-10-12-2-6-20-11-12)15-3-9-22(18,19)17-4-7-21-8-5-17/h2,6,11H,3-5,7-10H2,1H3,(H2,14,15,16). The van der Waals surface area contributed by atoms with E-state index >= 15 is 0 Å². The van der Waals surface area contributed by atoms with Gasteiger partial charge in [-0.3, -0.25) is 4.99 Å². The molecule has 0 spiro atoms. The van der Waals surface area contributed by atoms with E-state index in [1.165, 1.54) is 0 Å². The topological polar surface area (TPSA) is 86.9 Å². The molecule has 9 heteroatoms.